The minimum atomic E-state index is -2.93. The molecular formula is C15H21F2N3O3. The van der Waals surface area contributed by atoms with Gasteiger partial charge in [-0.15, -0.1) is 0 Å². The molecule has 1 aromatic heterocycles. The minimum absolute atomic E-state index is 0.0679. The van der Waals surface area contributed by atoms with Crippen LogP contribution in [0.2, 0.25) is 0 Å². The molecule has 0 aromatic carbocycles. The highest BCUT2D eigenvalue weighted by atomic mass is 19.3. The first-order chi connectivity index (χ1) is 11.0. The lowest BCUT2D eigenvalue weighted by Crippen LogP contribution is -2.38. The van der Waals surface area contributed by atoms with Gasteiger partial charge in [0, 0.05) is 19.4 Å². The molecule has 1 atom stereocenters. The van der Waals surface area contributed by atoms with Crippen molar-refractivity contribution in [2.45, 2.75) is 57.1 Å². The van der Waals surface area contributed by atoms with Crippen LogP contribution in [0.15, 0.2) is 4.52 Å². The Morgan fingerprint density at radius 1 is 1.39 bits per heavy atom. The summed E-state index contributed by atoms with van der Waals surface area (Å²) in [6, 6.07) is -0.850. The van der Waals surface area contributed by atoms with E-state index in [1.807, 2.05) is 0 Å². The number of methoxy groups -OCH3 is 1. The highest BCUT2D eigenvalue weighted by molar-refractivity contribution is 5.79. The number of hydrogen-bond donors (Lipinski definition) is 0. The maximum Gasteiger partial charge on any atom is 0.267 e. The van der Waals surface area contributed by atoms with Crippen LogP contribution in [0.1, 0.15) is 56.3 Å². The van der Waals surface area contributed by atoms with Crippen molar-refractivity contribution in [1.29, 1.82) is 0 Å². The zero-order valence-corrected chi connectivity index (χ0v) is 13.1. The molecule has 1 saturated heterocycles. The average molecular weight is 329 g/mol. The topological polar surface area (TPSA) is 68.5 Å². The highest BCUT2D eigenvalue weighted by Gasteiger charge is 2.50. The number of amides is 1. The quantitative estimate of drug-likeness (QED) is 0.849. The molecule has 0 radical (unpaired) electrons. The van der Waals surface area contributed by atoms with E-state index in [9.17, 15) is 13.6 Å². The molecule has 2 fully saturated rings. The van der Waals surface area contributed by atoms with Crippen LogP contribution < -0.4 is 0 Å². The number of rotatable bonds is 4. The summed E-state index contributed by atoms with van der Waals surface area (Å²) < 4.78 is 37.8. The number of carbonyl (C=O) groups is 1. The second-order valence-electron chi connectivity index (χ2n) is 6.36. The first-order valence-corrected chi connectivity index (χ1v) is 8.00. The van der Waals surface area contributed by atoms with Crippen LogP contribution in [0, 0.1) is 5.92 Å². The summed E-state index contributed by atoms with van der Waals surface area (Å²) in [5.74, 6) is -2.94. The third-order valence-electron chi connectivity index (χ3n) is 4.55. The van der Waals surface area contributed by atoms with Gasteiger partial charge in [0.05, 0.1) is 6.54 Å². The predicted molar refractivity (Wildman–Crippen MR) is 75.6 cm³/mol. The lowest BCUT2D eigenvalue weighted by molar-refractivity contribution is -0.139. The number of aromatic nitrogens is 2. The molecule has 1 aliphatic heterocycles. The third-order valence-corrected chi connectivity index (χ3v) is 4.55. The van der Waals surface area contributed by atoms with Gasteiger partial charge in [0.15, 0.2) is 5.82 Å². The van der Waals surface area contributed by atoms with E-state index >= 15 is 0 Å². The second-order valence-corrected chi connectivity index (χ2v) is 6.36. The highest BCUT2D eigenvalue weighted by Crippen LogP contribution is 2.42. The summed E-state index contributed by atoms with van der Waals surface area (Å²) in [5, 5.41) is 3.71. The van der Waals surface area contributed by atoms with Gasteiger partial charge in [-0.2, -0.15) is 4.98 Å². The molecule has 0 bridgehead atoms. The Kier molecular flexibility index (Phi) is 4.61. The van der Waals surface area contributed by atoms with E-state index in [4.69, 9.17) is 9.26 Å². The van der Waals surface area contributed by atoms with E-state index in [-0.39, 0.29) is 24.3 Å². The first-order valence-electron chi connectivity index (χ1n) is 8.00. The van der Waals surface area contributed by atoms with Crippen LogP contribution in [-0.4, -0.2) is 40.5 Å². The first kappa shape index (κ1) is 16.3. The van der Waals surface area contributed by atoms with Gasteiger partial charge in [0.1, 0.15) is 12.6 Å². The minimum Gasteiger partial charge on any atom is -0.377 e. The van der Waals surface area contributed by atoms with E-state index in [0.717, 1.165) is 32.1 Å². The Bertz CT molecular complexity index is 558. The van der Waals surface area contributed by atoms with Crippen molar-refractivity contribution in [3.05, 3.63) is 11.7 Å². The van der Waals surface area contributed by atoms with Crippen LogP contribution in [0.3, 0.4) is 0 Å². The van der Waals surface area contributed by atoms with Gasteiger partial charge in [-0.3, -0.25) is 4.79 Å². The summed E-state index contributed by atoms with van der Waals surface area (Å²) in [4.78, 5) is 18.0. The Balaban J connectivity index is 1.79. The normalized spacial score (nSPS) is 25.0. The van der Waals surface area contributed by atoms with Crippen molar-refractivity contribution in [3.63, 3.8) is 0 Å². The molecule has 128 valence electrons. The average Bonchev–Trinajstić information content (AvgIpc) is 3.12. The molecular weight excluding hydrogens is 308 g/mol. The molecule has 1 aliphatic carbocycles. The van der Waals surface area contributed by atoms with Gasteiger partial charge in [-0.05, 0) is 12.8 Å². The van der Waals surface area contributed by atoms with Gasteiger partial charge in [-0.25, -0.2) is 8.78 Å². The van der Waals surface area contributed by atoms with Crippen molar-refractivity contribution < 1.29 is 22.8 Å². The van der Waals surface area contributed by atoms with Crippen LogP contribution in [0.25, 0.3) is 0 Å². The van der Waals surface area contributed by atoms with Crippen molar-refractivity contribution in [3.8, 4) is 0 Å². The molecule has 2 heterocycles. The number of likely N-dealkylation sites (tertiary alicyclic amines) is 1. The molecule has 23 heavy (non-hydrogen) atoms. The molecule has 0 spiro atoms. The van der Waals surface area contributed by atoms with Crippen molar-refractivity contribution in [2.75, 3.05) is 13.7 Å². The summed E-state index contributed by atoms with van der Waals surface area (Å²) in [6.07, 6.45) is 4.12. The zero-order valence-electron chi connectivity index (χ0n) is 13.1. The Morgan fingerprint density at radius 2 is 2.13 bits per heavy atom. The fourth-order valence-electron chi connectivity index (χ4n) is 3.44. The molecule has 0 unspecified atom stereocenters. The lowest BCUT2D eigenvalue weighted by Gasteiger charge is -2.28. The van der Waals surface area contributed by atoms with Gasteiger partial charge in [-0.1, -0.05) is 24.4 Å². The van der Waals surface area contributed by atoms with Gasteiger partial charge in [0.2, 0.25) is 11.8 Å². The SMILES string of the molecule is COCc1noc([C@@H]2CC(F)(F)CN2C(=O)C2CCCCC2)n1. The summed E-state index contributed by atoms with van der Waals surface area (Å²) >= 11 is 0. The van der Waals surface area contributed by atoms with Gasteiger partial charge in [0.25, 0.3) is 5.92 Å². The summed E-state index contributed by atoms with van der Waals surface area (Å²) in [7, 11) is 1.48. The summed E-state index contributed by atoms with van der Waals surface area (Å²) in [6.45, 7) is -0.432. The van der Waals surface area contributed by atoms with Crippen LogP contribution >= 0.6 is 0 Å². The number of ether oxygens (including phenoxy) is 1. The number of nitrogens with zero attached hydrogens (tertiary/aromatic N) is 3. The number of halogens is 2. The van der Waals surface area contributed by atoms with E-state index < -0.39 is 24.9 Å². The van der Waals surface area contributed by atoms with E-state index in [1.54, 1.807) is 0 Å². The van der Waals surface area contributed by atoms with Gasteiger partial charge >= 0.3 is 0 Å². The lowest BCUT2D eigenvalue weighted by atomic mass is 9.88. The molecule has 0 N–H and O–H groups in total. The molecule has 1 amide bonds. The second kappa shape index (κ2) is 6.51. The fourth-order valence-corrected chi connectivity index (χ4v) is 3.44. The molecule has 2 aliphatic rings. The molecule has 8 heteroatoms. The van der Waals surface area contributed by atoms with Crippen LogP contribution in [0.5, 0.6) is 0 Å². The standard InChI is InChI=1S/C15H21F2N3O3/c1-22-8-12-18-13(23-19-12)11-7-15(16,17)9-20(11)14(21)10-5-3-2-4-6-10/h10-11H,2-9H2,1H3/t11-/m0/s1. The Hall–Kier alpha value is -1.57. The third kappa shape index (κ3) is 3.52. The van der Waals surface area contributed by atoms with E-state index in [1.165, 1.54) is 12.0 Å². The maximum absolute atomic E-state index is 13.9. The monoisotopic (exact) mass is 329 g/mol. The predicted octanol–water partition coefficient (Wildman–Crippen LogP) is 2.71. The van der Waals surface area contributed by atoms with E-state index in [0.29, 0.717) is 5.82 Å². The maximum atomic E-state index is 13.9. The molecule has 1 saturated carbocycles. The number of carbonyl (C=O) groups excluding carboxylic acids is 1. The van der Waals surface area contributed by atoms with E-state index in [2.05, 4.69) is 10.1 Å². The fraction of sp³-hybridized carbons (Fsp3) is 0.800. The number of hydrogen-bond acceptors (Lipinski definition) is 5. The molecule has 1 aromatic rings. The largest absolute Gasteiger partial charge is 0.377 e. The van der Waals surface area contributed by atoms with Crippen molar-refractivity contribution in [1.82, 2.24) is 15.0 Å². The molecule has 3 rings (SSSR count). The molecule has 6 nitrogen and oxygen atoms in total. The Morgan fingerprint density at radius 3 is 2.83 bits per heavy atom. The van der Waals surface area contributed by atoms with Crippen LogP contribution in [-0.2, 0) is 16.1 Å². The number of alkyl halides is 2. The van der Waals surface area contributed by atoms with Crippen molar-refractivity contribution >= 4 is 5.91 Å². The Labute approximate surface area is 133 Å². The summed E-state index contributed by atoms with van der Waals surface area (Å²) in [5.41, 5.74) is 0. The van der Waals surface area contributed by atoms with Crippen LogP contribution in [0.4, 0.5) is 8.78 Å². The zero-order chi connectivity index (χ0) is 16.4. The smallest absolute Gasteiger partial charge is 0.267 e. The van der Waals surface area contributed by atoms with Crippen molar-refractivity contribution in [2.24, 2.45) is 5.92 Å². The van der Waals surface area contributed by atoms with Gasteiger partial charge < -0.3 is 14.2 Å².